The third-order valence-corrected chi connectivity index (χ3v) is 3.34. The van der Waals surface area contributed by atoms with Crippen molar-refractivity contribution < 1.29 is 9.47 Å². The standard InChI is InChI=1S/C17H29NO2/c1-7-18-15(11-19-6)12-20-16-9-8-14(10-13(16)2)17(3,4)5/h8-10,15,18H,7,11-12H2,1-6H3. The Labute approximate surface area is 123 Å². The molecular formula is C17H29NO2. The summed E-state index contributed by atoms with van der Waals surface area (Å²) in [6.07, 6.45) is 0. The van der Waals surface area contributed by atoms with Gasteiger partial charge in [-0.2, -0.15) is 0 Å². The predicted molar refractivity (Wildman–Crippen MR) is 84.7 cm³/mol. The summed E-state index contributed by atoms with van der Waals surface area (Å²) in [6, 6.07) is 6.67. The Hall–Kier alpha value is -1.06. The molecule has 1 unspecified atom stereocenters. The number of nitrogens with one attached hydrogen (secondary N) is 1. The van der Waals surface area contributed by atoms with Gasteiger partial charge in [-0.1, -0.05) is 39.8 Å². The summed E-state index contributed by atoms with van der Waals surface area (Å²) in [6.45, 7) is 13.1. The van der Waals surface area contributed by atoms with Crippen LogP contribution in [0.15, 0.2) is 18.2 Å². The van der Waals surface area contributed by atoms with E-state index in [-0.39, 0.29) is 11.5 Å². The van der Waals surface area contributed by atoms with Crippen LogP contribution in [0.25, 0.3) is 0 Å². The van der Waals surface area contributed by atoms with Gasteiger partial charge in [-0.15, -0.1) is 0 Å². The zero-order valence-corrected chi connectivity index (χ0v) is 13.7. The van der Waals surface area contributed by atoms with Crippen molar-refractivity contribution in [3.8, 4) is 5.75 Å². The summed E-state index contributed by atoms with van der Waals surface area (Å²) in [5.74, 6) is 0.956. The molecule has 1 aromatic rings. The minimum Gasteiger partial charge on any atom is -0.492 e. The molecule has 3 heteroatoms. The fourth-order valence-corrected chi connectivity index (χ4v) is 2.12. The second-order valence-electron chi connectivity index (χ2n) is 6.25. The summed E-state index contributed by atoms with van der Waals surface area (Å²) < 4.78 is 11.1. The summed E-state index contributed by atoms with van der Waals surface area (Å²) in [5, 5.41) is 3.36. The summed E-state index contributed by atoms with van der Waals surface area (Å²) in [4.78, 5) is 0. The van der Waals surface area contributed by atoms with Crippen molar-refractivity contribution in [3.63, 3.8) is 0 Å². The molecule has 114 valence electrons. The van der Waals surface area contributed by atoms with Crippen molar-refractivity contribution in [1.29, 1.82) is 0 Å². The fraction of sp³-hybridized carbons (Fsp3) is 0.647. The number of likely N-dealkylation sites (N-methyl/N-ethyl adjacent to an activating group) is 1. The molecule has 0 fully saturated rings. The molecule has 0 aromatic heterocycles. The molecule has 0 spiro atoms. The maximum Gasteiger partial charge on any atom is 0.122 e. The monoisotopic (exact) mass is 279 g/mol. The Bertz CT molecular complexity index is 404. The molecule has 0 aliphatic heterocycles. The van der Waals surface area contributed by atoms with Crippen LogP contribution < -0.4 is 10.1 Å². The van der Waals surface area contributed by atoms with E-state index in [0.717, 1.165) is 12.3 Å². The maximum atomic E-state index is 5.93. The molecular weight excluding hydrogens is 250 g/mol. The average molecular weight is 279 g/mol. The largest absolute Gasteiger partial charge is 0.492 e. The number of benzene rings is 1. The lowest BCUT2D eigenvalue weighted by molar-refractivity contribution is 0.136. The van der Waals surface area contributed by atoms with Crippen molar-refractivity contribution in [1.82, 2.24) is 5.32 Å². The highest BCUT2D eigenvalue weighted by molar-refractivity contribution is 5.38. The first kappa shape index (κ1) is 17.0. The zero-order chi connectivity index (χ0) is 15.2. The van der Waals surface area contributed by atoms with E-state index in [2.05, 4.69) is 58.1 Å². The van der Waals surface area contributed by atoms with Crippen LogP contribution >= 0.6 is 0 Å². The van der Waals surface area contributed by atoms with E-state index >= 15 is 0 Å². The van der Waals surface area contributed by atoms with Crippen LogP contribution in [-0.4, -0.2) is 32.9 Å². The van der Waals surface area contributed by atoms with Crippen LogP contribution in [-0.2, 0) is 10.2 Å². The third kappa shape index (κ3) is 5.14. The summed E-state index contributed by atoms with van der Waals surface area (Å²) >= 11 is 0. The summed E-state index contributed by atoms with van der Waals surface area (Å²) in [7, 11) is 1.72. The second-order valence-corrected chi connectivity index (χ2v) is 6.25. The topological polar surface area (TPSA) is 30.5 Å². The van der Waals surface area contributed by atoms with Gasteiger partial charge in [-0.3, -0.25) is 0 Å². The predicted octanol–water partition coefficient (Wildman–Crippen LogP) is 3.30. The normalized spacial score (nSPS) is 13.3. The van der Waals surface area contributed by atoms with E-state index in [1.54, 1.807) is 7.11 Å². The molecule has 0 saturated carbocycles. The molecule has 1 rings (SSSR count). The van der Waals surface area contributed by atoms with Gasteiger partial charge in [-0.25, -0.2) is 0 Å². The molecule has 1 N–H and O–H groups in total. The number of ether oxygens (including phenoxy) is 2. The smallest absolute Gasteiger partial charge is 0.122 e. The lowest BCUT2D eigenvalue weighted by atomic mass is 9.86. The van der Waals surface area contributed by atoms with Gasteiger partial charge in [0, 0.05) is 7.11 Å². The minimum atomic E-state index is 0.172. The van der Waals surface area contributed by atoms with Crippen LogP contribution in [0.2, 0.25) is 0 Å². The van der Waals surface area contributed by atoms with E-state index in [9.17, 15) is 0 Å². The first-order valence-electron chi connectivity index (χ1n) is 7.34. The van der Waals surface area contributed by atoms with Crippen LogP contribution in [0.5, 0.6) is 5.75 Å². The Balaban J connectivity index is 2.68. The SMILES string of the molecule is CCNC(COC)COc1ccc(C(C)(C)C)cc1C. The third-order valence-electron chi connectivity index (χ3n) is 3.34. The quantitative estimate of drug-likeness (QED) is 0.830. The van der Waals surface area contributed by atoms with E-state index in [1.165, 1.54) is 11.1 Å². The van der Waals surface area contributed by atoms with Crippen molar-refractivity contribution in [2.75, 3.05) is 26.9 Å². The van der Waals surface area contributed by atoms with E-state index in [4.69, 9.17) is 9.47 Å². The number of aryl methyl sites for hydroxylation is 1. The first-order valence-corrected chi connectivity index (χ1v) is 7.34. The van der Waals surface area contributed by atoms with Gasteiger partial charge in [0.15, 0.2) is 0 Å². The Morgan fingerprint density at radius 2 is 1.90 bits per heavy atom. The van der Waals surface area contributed by atoms with Crippen LogP contribution in [0.4, 0.5) is 0 Å². The van der Waals surface area contributed by atoms with Gasteiger partial charge in [0.2, 0.25) is 0 Å². The molecule has 0 bridgehead atoms. The molecule has 0 saturated heterocycles. The highest BCUT2D eigenvalue weighted by atomic mass is 16.5. The molecule has 0 amide bonds. The average Bonchev–Trinajstić information content (AvgIpc) is 2.36. The lowest BCUT2D eigenvalue weighted by Crippen LogP contribution is -2.38. The maximum absolute atomic E-state index is 5.93. The number of methoxy groups -OCH3 is 1. The molecule has 0 aliphatic rings. The van der Waals surface area contributed by atoms with E-state index < -0.39 is 0 Å². The zero-order valence-electron chi connectivity index (χ0n) is 13.7. The van der Waals surface area contributed by atoms with Gasteiger partial charge in [0.1, 0.15) is 12.4 Å². The second kappa shape index (κ2) is 7.65. The van der Waals surface area contributed by atoms with E-state index in [1.807, 2.05) is 0 Å². The van der Waals surface area contributed by atoms with Gasteiger partial charge < -0.3 is 14.8 Å². The van der Waals surface area contributed by atoms with Crippen molar-refractivity contribution in [2.24, 2.45) is 0 Å². The fourth-order valence-electron chi connectivity index (χ4n) is 2.12. The molecule has 0 radical (unpaired) electrons. The van der Waals surface area contributed by atoms with Crippen molar-refractivity contribution >= 4 is 0 Å². The van der Waals surface area contributed by atoms with E-state index in [0.29, 0.717) is 13.2 Å². The molecule has 3 nitrogen and oxygen atoms in total. The van der Waals surface area contributed by atoms with Crippen molar-refractivity contribution in [2.45, 2.75) is 46.1 Å². The Morgan fingerprint density at radius 1 is 1.20 bits per heavy atom. The number of rotatable bonds is 7. The minimum absolute atomic E-state index is 0.172. The molecule has 1 aromatic carbocycles. The highest BCUT2D eigenvalue weighted by Crippen LogP contribution is 2.27. The van der Waals surface area contributed by atoms with Gasteiger partial charge in [0.05, 0.1) is 12.6 Å². The summed E-state index contributed by atoms with van der Waals surface area (Å²) in [5.41, 5.74) is 2.69. The number of hydrogen-bond acceptors (Lipinski definition) is 3. The lowest BCUT2D eigenvalue weighted by Gasteiger charge is -2.22. The Kier molecular flexibility index (Phi) is 6.50. The van der Waals surface area contributed by atoms with Crippen LogP contribution in [0.1, 0.15) is 38.8 Å². The van der Waals surface area contributed by atoms with Gasteiger partial charge in [-0.05, 0) is 36.1 Å². The Morgan fingerprint density at radius 3 is 2.40 bits per heavy atom. The van der Waals surface area contributed by atoms with Crippen LogP contribution in [0.3, 0.4) is 0 Å². The molecule has 1 atom stereocenters. The van der Waals surface area contributed by atoms with Crippen LogP contribution in [0, 0.1) is 6.92 Å². The molecule has 20 heavy (non-hydrogen) atoms. The highest BCUT2D eigenvalue weighted by Gasteiger charge is 2.15. The first-order chi connectivity index (χ1) is 9.38. The van der Waals surface area contributed by atoms with Gasteiger partial charge in [0.25, 0.3) is 0 Å². The molecule has 0 aliphatic carbocycles. The molecule has 0 heterocycles. The van der Waals surface area contributed by atoms with Crippen molar-refractivity contribution in [3.05, 3.63) is 29.3 Å². The van der Waals surface area contributed by atoms with Gasteiger partial charge >= 0.3 is 0 Å². The number of hydrogen-bond donors (Lipinski definition) is 1.